The number of benzene rings is 2. The van der Waals surface area contributed by atoms with Gasteiger partial charge in [-0.25, -0.2) is 33.1 Å². The summed E-state index contributed by atoms with van der Waals surface area (Å²) in [4.78, 5) is 33.2. The van der Waals surface area contributed by atoms with Crippen LogP contribution in [0.15, 0.2) is 47.8 Å². The largest absolute Gasteiger partial charge is 0.358 e. The van der Waals surface area contributed by atoms with Gasteiger partial charge in [0, 0.05) is 6.07 Å². The molecule has 166 valence electrons. The maximum atomic E-state index is 14.1. The highest BCUT2D eigenvalue weighted by atomic mass is 35.5. The molecule has 0 saturated carbocycles. The lowest BCUT2D eigenvalue weighted by Gasteiger charge is -2.20. The molecule has 0 aliphatic rings. The summed E-state index contributed by atoms with van der Waals surface area (Å²) in [5.74, 6) is -2.56. The van der Waals surface area contributed by atoms with E-state index in [2.05, 4.69) is 30.2 Å². The van der Waals surface area contributed by atoms with Crippen molar-refractivity contribution in [2.24, 2.45) is 0 Å². The molecule has 8 nitrogen and oxygen atoms in total. The molecule has 5 rings (SSSR count). The highest BCUT2D eigenvalue weighted by Gasteiger charge is 2.22. The molecule has 0 amide bonds. The van der Waals surface area contributed by atoms with E-state index in [0.717, 1.165) is 22.8 Å². The average Bonchev–Trinajstić information content (AvgIpc) is 3.28. The van der Waals surface area contributed by atoms with Crippen molar-refractivity contribution >= 4 is 39.5 Å². The quantitative estimate of drug-likeness (QED) is 0.405. The van der Waals surface area contributed by atoms with Crippen LogP contribution in [0.1, 0.15) is 18.8 Å². The Labute approximate surface area is 188 Å². The maximum absolute atomic E-state index is 14.1. The van der Waals surface area contributed by atoms with Crippen molar-refractivity contribution in [2.75, 3.05) is 5.32 Å². The fourth-order valence-electron chi connectivity index (χ4n) is 3.53. The third-order valence-electron chi connectivity index (χ3n) is 5.07. The predicted molar refractivity (Wildman–Crippen MR) is 116 cm³/mol. The Hall–Kier alpha value is -3.99. The number of rotatable bonds is 4. The zero-order valence-electron chi connectivity index (χ0n) is 16.8. The molecule has 0 spiro atoms. The number of fused-ring (bicyclic) bond motifs is 2. The van der Waals surface area contributed by atoms with E-state index in [1.54, 1.807) is 6.92 Å². The zero-order chi connectivity index (χ0) is 23.3. The Morgan fingerprint density at radius 2 is 1.85 bits per heavy atom. The Morgan fingerprint density at radius 3 is 2.64 bits per heavy atom. The van der Waals surface area contributed by atoms with E-state index in [1.807, 2.05) is 0 Å². The Morgan fingerprint density at radius 1 is 1.06 bits per heavy atom. The van der Waals surface area contributed by atoms with Crippen LogP contribution in [-0.2, 0) is 0 Å². The normalized spacial score (nSPS) is 12.4. The van der Waals surface area contributed by atoms with Gasteiger partial charge in [-0.15, -0.1) is 0 Å². The number of nitrogens with one attached hydrogen (secondary N) is 2. The topological polar surface area (TPSA) is 101 Å². The summed E-state index contributed by atoms with van der Waals surface area (Å²) in [6.45, 7) is 1.69. The smallest absolute Gasteiger partial charge is 0.267 e. The second kappa shape index (κ2) is 7.85. The van der Waals surface area contributed by atoms with E-state index in [9.17, 15) is 18.0 Å². The molecule has 0 aliphatic carbocycles. The van der Waals surface area contributed by atoms with Gasteiger partial charge in [-0.1, -0.05) is 11.6 Å². The van der Waals surface area contributed by atoms with Crippen molar-refractivity contribution in [1.82, 2.24) is 29.5 Å². The first-order valence-electron chi connectivity index (χ1n) is 9.62. The van der Waals surface area contributed by atoms with Crippen molar-refractivity contribution in [3.05, 3.63) is 81.6 Å². The summed E-state index contributed by atoms with van der Waals surface area (Å²) in [6, 6.07) is 4.68. The van der Waals surface area contributed by atoms with Crippen molar-refractivity contribution in [3.8, 4) is 5.69 Å². The van der Waals surface area contributed by atoms with Gasteiger partial charge in [-0.2, -0.15) is 0 Å². The molecular weight excluding hydrogens is 459 g/mol. The van der Waals surface area contributed by atoms with Crippen LogP contribution in [0.3, 0.4) is 0 Å². The van der Waals surface area contributed by atoms with Gasteiger partial charge in [0.2, 0.25) is 0 Å². The minimum absolute atomic E-state index is 0.00937. The van der Waals surface area contributed by atoms with E-state index in [-0.39, 0.29) is 22.4 Å². The van der Waals surface area contributed by atoms with Crippen LogP contribution < -0.4 is 10.9 Å². The summed E-state index contributed by atoms with van der Waals surface area (Å²) >= 11 is 6.06. The summed E-state index contributed by atoms with van der Waals surface area (Å²) in [5, 5.41) is 2.51. The van der Waals surface area contributed by atoms with Crippen molar-refractivity contribution in [1.29, 1.82) is 0 Å². The van der Waals surface area contributed by atoms with Gasteiger partial charge in [0.1, 0.15) is 23.5 Å². The number of aromatic nitrogens is 6. The Bertz CT molecular complexity index is 1600. The van der Waals surface area contributed by atoms with Crippen LogP contribution >= 0.6 is 11.6 Å². The standard InChI is InChI=1S/C21H13ClF3N7O/c1-9(30-19-17-18(27-7-26-17)28-8-29-19)20-31-14-5-4-12(24)16(22)15(14)21(33)32(20)10-2-3-11(23)13(25)6-10/h2-9H,1H3,(H2,26,27,28,29,30). The van der Waals surface area contributed by atoms with Crippen LogP contribution in [0.25, 0.3) is 27.8 Å². The number of nitrogens with zero attached hydrogens (tertiary/aromatic N) is 5. The van der Waals surface area contributed by atoms with Gasteiger partial charge in [-0.3, -0.25) is 9.36 Å². The summed E-state index contributed by atoms with van der Waals surface area (Å²) in [6.07, 6.45) is 2.78. The second-order valence-electron chi connectivity index (χ2n) is 7.15. The molecule has 1 unspecified atom stereocenters. The van der Waals surface area contributed by atoms with E-state index in [1.165, 1.54) is 24.8 Å². The second-order valence-corrected chi connectivity index (χ2v) is 7.53. The highest BCUT2D eigenvalue weighted by molar-refractivity contribution is 6.35. The number of hydrogen-bond acceptors (Lipinski definition) is 6. The first-order chi connectivity index (χ1) is 15.8. The molecule has 0 fully saturated rings. The number of H-pyrrole nitrogens is 1. The van der Waals surface area contributed by atoms with Crippen molar-refractivity contribution in [2.45, 2.75) is 13.0 Å². The molecule has 3 heterocycles. The van der Waals surface area contributed by atoms with E-state index in [0.29, 0.717) is 17.0 Å². The van der Waals surface area contributed by atoms with Crippen LogP contribution in [-0.4, -0.2) is 29.5 Å². The summed E-state index contributed by atoms with van der Waals surface area (Å²) < 4.78 is 42.7. The van der Waals surface area contributed by atoms with Gasteiger partial charge >= 0.3 is 0 Å². The lowest BCUT2D eigenvalue weighted by atomic mass is 10.2. The fraction of sp³-hybridized carbons (Fsp3) is 0.0952. The zero-order valence-corrected chi connectivity index (χ0v) is 17.5. The molecule has 1 atom stereocenters. The van der Waals surface area contributed by atoms with Crippen LogP contribution in [0.4, 0.5) is 19.0 Å². The molecule has 0 aliphatic heterocycles. The van der Waals surface area contributed by atoms with Gasteiger partial charge < -0.3 is 10.3 Å². The predicted octanol–water partition coefficient (Wildman–Crippen LogP) is 4.30. The SMILES string of the molecule is CC(Nc1ncnc2[nH]cnc12)c1nc2ccc(F)c(Cl)c2c(=O)n1-c1ccc(F)c(F)c1. The van der Waals surface area contributed by atoms with Crippen LogP contribution in [0.5, 0.6) is 0 Å². The first-order valence-corrected chi connectivity index (χ1v) is 9.99. The highest BCUT2D eigenvalue weighted by Crippen LogP contribution is 2.27. The number of anilines is 1. The molecule has 0 saturated heterocycles. The minimum atomic E-state index is -1.16. The first kappa shape index (κ1) is 20.9. The number of hydrogen-bond donors (Lipinski definition) is 2. The monoisotopic (exact) mass is 471 g/mol. The van der Waals surface area contributed by atoms with E-state index < -0.39 is 34.1 Å². The Kier molecular flexibility index (Phi) is 4.97. The maximum Gasteiger partial charge on any atom is 0.267 e. The van der Waals surface area contributed by atoms with Gasteiger partial charge in [-0.05, 0) is 31.2 Å². The molecule has 0 bridgehead atoms. The number of aromatic amines is 1. The van der Waals surface area contributed by atoms with Gasteiger partial charge in [0.15, 0.2) is 23.1 Å². The van der Waals surface area contributed by atoms with Gasteiger partial charge in [0.25, 0.3) is 5.56 Å². The molecule has 2 aromatic carbocycles. The summed E-state index contributed by atoms with van der Waals surface area (Å²) in [5.41, 5.74) is 0.335. The summed E-state index contributed by atoms with van der Waals surface area (Å²) in [7, 11) is 0. The molecule has 3 aromatic heterocycles. The molecule has 0 radical (unpaired) electrons. The van der Waals surface area contributed by atoms with E-state index >= 15 is 0 Å². The lowest BCUT2D eigenvalue weighted by Crippen LogP contribution is -2.28. The third-order valence-corrected chi connectivity index (χ3v) is 5.44. The third kappa shape index (κ3) is 3.46. The lowest BCUT2D eigenvalue weighted by molar-refractivity contribution is 0.507. The average molecular weight is 472 g/mol. The number of imidazole rings is 1. The minimum Gasteiger partial charge on any atom is -0.358 e. The van der Waals surface area contributed by atoms with Crippen molar-refractivity contribution in [3.63, 3.8) is 0 Å². The van der Waals surface area contributed by atoms with Gasteiger partial charge in [0.05, 0.1) is 34.0 Å². The van der Waals surface area contributed by atoms with Crippen LogP contribution in [0.2, 0.25) is 5.02 Å². The molecule has 2 N–H and O–H groups in total. The van der Waals surface area contributed by atoms with E-state index in [4.69, 9.17) is 11.6 Å². The molecular formula is C21H13ClF3N7O. The molecule has 33 heavy (non-hydrogen) atoms. The fourth-order valence-corrected chi connectivity index (χ4v) is 3.77. The molecule has 5 aromatic rings. The number of halogens is 4. The van der Waals surface area contributed by atoms with Crippen molar-refractivity contribution < 1.29 is 13.2 Å². The molecule has 12 heteroatoms. The van der Waals surface area contributed by atoms with Crippen LogP contribution in [0, 0.1) is 17.5 Å². The Balaban J connectivity index is 1.74.